The molecule has 2 fully saturated rings. The lowest BCUT2D eigenvalue weighted by Gasteiger charge is -2.36. The van der Waals surface area contributed by atoms with Gasteiger partial charge in [0.1, 0.15) is 5.76 Å². The molecule has 1 aromatic heterocycles. The largest absolute Gasteiger partial charge is 0.360 e. The first kappa shape index (κ1) is 14.5. The Bertz CT molecular complexity index is 627. The molecule has 124 valence electrons. The van der Waals surface area contributed by atoms with Gasteiger partial charge in [-0.15, -0.1) is 0 Å². The van der Waals surface area contributed by atoms with Crippen molar-refractivity contribution in [2.75, 3.05) is 26.2 Å². The maximum Gasteiger partial charge on any atom is 0.317 e. The number of fused-ring (bicyclic) bond motifs is 1. The molecule has 3 amide bonds. The van der Waals surface area contributed by atoms with E-state index >= 15 is 0 Å². The molecule has 1 unspecified atom stereocenters. The first-order valence-electron chi connectivity index (χ1n) is 8.55. The molecule has 0 bridgehead atoms. The Morgan fingerprint density at radius 1 is 1.22 bits per heavy atom. The summed E-state index contributed by atoms with van der Waals surface area (Å²) in [6.07, 6.45) is 5.82. The quantitative estimate of drug-likeness (QED) is 0.888. The van der Waals surface area contributed by atoms with E-state index < -0.39 is 0 Å². The summed E-state index contributed by atoms with van der Waals surface area (Å²) in [4.78, 5) is 28.4. The number of urea groups is 1. The van der Waals surface area contributed by atoms with Gasteiger partial charge in [-0.3, -0.25) is 4.79 Å². The number of rotatable bonds is 2. The van der Waals surface area contributed by atoms with E-state index in [-0.39, 0.29) is 18.0 Å². The highest BCUT2D eigenvalue weighted by Crippen LogP contribution is 2.26. The van der Waals surface area contributed by atoms with Crippen LogP contribution < -0.4 is 5.32 Å². The van der Waals surface area contributed by atoms with Gasteiger partial charge in [0.2, 0.25) is 0 Å². The second kappa shape index (κ2) is 5.86. The van der Waals surface area contributed by atoms with E-state index in [4.69, 9.17) is 4.52 Å². The summed E-state index contributed by atoms with van der Waals surface area (Å²) in [6.45, 7) is 2.74. The highest BCUT2D eigenvalue weighted by atomic mass is 16.5. The molecular weight excluding hydrogens is 296 g/mol. The second-order valence-corrected chi connectivity index (χ2v) is 6.61. The predicted molar refractivity (Wildman–Crippen MR) is 82.2 cm³/mol. The summed E-state index contributed by atoms with van der Waals surface area (Å²) in [5.41, 5.74) is 1.49. The Kier molecular flexibility index (Phi) is 3.71. The van der Waals surface area contributed by atoms with Gasteiger partial charge in [-0.2, -0.15) is 0 Å². The average Bonchev–Trinajstić information content (AvgIpc) is 3.20. The fourth-order valence-electron chi connectivity index (χ4n) is 3.93. The second-order valence-electron chi connectivity index (χ2n) is 6.61. The van der Waals surface area contributed by atoms with Crippen molar-refractivity contribution in [3.63, 3.8) is 0 Å². The first-order chi connectivity index (χ1) is 11.2. The number of hydrogen-bond acceptors (Lipinski definition) is 4. The average molecular weight is 318 g/mol. The molecule has 1 atom stereocenters. The molecule has 1 aliphatic carbocycles. The van der Waals surface area contributed by atoms with Crippen LogP contribution in [0.25, 0.3) is 0 Å². The summed E-state index contributed by atoms with van der Waals surface area (Å²) in [7, 11) is 0. The summed E-state index contributed by atoms with van der Waals surface area (Å²) in [5.74, 6) is 0.841. The van der Waals surface area contributed by atoms with Crippen molar-refractivity contribution in [1.29, 1.82) is 0 Å². The van der Waals surface area contributed by atoms with Gasteiger partial charge < -0.3 is 19.6 Å². The number of carbonyl (C=O) groups excluding carboxylic acids is 2. The maximum atomic E-state index is 12.9. The number of likely N-dealkylation sites (tertiary alicyclic amines) is 1. The van der Waals surface area contributed by atoms with Gasteiger partial charge >= 0.3 is 6.03 Å². The molecule has 0 radical (unpaired) electrons. The smallest absolute Gasteiger partial charge is 0.317 e. The molecule has 1 aromatic rings. The lowest BCUT2D eigenvalue weighted by molar-refractivity contribution is 0.0623. The predicted octanol–water partition coefficient (Wildman–Crippen LogP) is 1.18. The summed E-state index contributed by atoms with van der Waals surface area (Å²) >= 11 is 0. The van der Waals surface area contributed by atoms with Crippen molar-refractivity contribution in [2.24, 2.45) is 0 Å². The van der Waals surface area contributed by atoms with Gasteiger partial charge in [0.05, 0.1) is 6.04 Å². The zero-order chi connectivity index (χ0) is 15.8. The Balaban J connectivity index is 1.50. The van der Waals surface area contributed by atoms with Crippen LogP contribution in [0.2, 0.25) is 0 Å². The molecule has 2 aliphatic heterocycles. The Morgan fingerprint density at radius 3 is 2.91 bits per heavy atom. The topological polar surface area (TPSA) is 78.7 Å². The van der Waals surface area contributed by atoms with Gasteiger partial charge in [0.25, 0.3) is 5.91 Å². The number of hydrogen-bond donors (Lipinski definition) is 1. The number of nitrogens with zero attached hydrogens (tertiary/aromatic N) is 3. The molecule has 0 spiro atoms. The van der Waals surface area contributed by atoms with Crippen LogP contribution >= 0.6 is 0 Å². The van der Waals surface area contributed by atoms with E-state index in [1.165, 1.54) is 0 Å². The van der Waals surface area contributed by atoms with Crippen molar-refractivity contribution in [1.82, 2.24) is 20.3 Å². The van der Waals surface area contributed by atoms with Crippen molar-refractivity contribution in [3.05, 3.63) is 17.0 Å². The van der Waals surface area contributed by atoms with Crippen LogP contribution in [-0.2, 0) is 12.8 Å². The van der Waals surface area contributed by atoms with Gasteiger partial charge in [-0.25, -0.2) is 4.79 Å². The number of carbonyl (C=O) groups is 2. The molecule has 0 aromatic carbocycles. The number of piperidine rings is 1. The third-order valence-corrected chi connectivity index (χ3v) is 5.17. The molecule has 4 rings (SSSR count). The third-order valence-electron chi connectivity index (χ3n) is 5.17. The van der Waals surface area contributed by atoms with Crippen molar-refractivity contribution < 1.29 is 14.1 Å². The van der Waals surface area contributed by atoms with E-state index in [1.807, 2.05) is 9.80 Å². The van der Waals surface area contributed by atoms with E-state index in [9.17, 15) is 9.59 Å². The maximum absolute atomic E-state index is 12.9. The monoisotopic (exact) mass is 318 g/mol. The van der Waals surface area contributed by atoms with E-state index in [0.29, 0.717) is 18.8 Å². The summed E-state index contributed by atoms with van der Waals surface area (Å²) < 4.78 is 5.37. The number of amides is 3. The van der Waals surface area contributed by atoms with Crippen molar-refractivity contribution in [3.8, 4) is 0 Å². The van der Waals surface area contributed by atoms with Crippen LogP contribution in [0.1, 0.15) is 47.5 Å². The lowest BCUT2D eigenvalue weighted by atomic mass is 9.95. The molecule has 3 heterocycles. The zero-order valence-electron chi connectivity index (χ0n) is 13.2. The minimum absolute atomic E-state index is 0.0110. The lowest BCUT2D eigenvalue weighted by Crippen LogP contribution is -2.50. The molecule has 7 heteroatoms. The summed E-state index contributed by atoms with van der Waals surface area (Å²) in [6, 6.07) is 0.0982. The van der Waals surface area contributed by atoms with E-state index in [2.05, 4.69) is 10.5 Å². The minimum Gasteiger partial charge on any atom is -0.360 e. The molecule has 23 heavy (non-hydrogen) atoms. The fourth-order valence-corrected chi connectivity index (χ4v) is 3.93. The zero-order valence-corrected chi connectivity index (χ0v) is 13.2. The van der Waals surface area contributed by atoms with E-state index in [0.717, 1.165) is 62.9 Å². The third kappa shape index (κ3) is 2.58. The van der Waals surface area contributed by atoms with Crippen LogP contribution in [0.5, 0.6) is 0 Å². The van der Waals surface area contributed by atoms with E-state index in [1.54, 1.807) is 0 Å². The highest BCUT2D eigenvalue weighted by Gasteiger charge is 2.35. The van der Waals surface area contributed by atoms with Gasteiger partial charge in [-0.1, -0.05) is 5.16 Å². The van der Waals surface area contributed by atoms with Gasteiger partial charge in [-0.05, 0) is 32.1 Å². The molecule has 2 saturated heterocycles. The van der Waals surface area contributed by atoms with Crippen molar-refractivity contribution in [2.45, 2.75) is 44.6 Å². The number of aryl methyl sites for hydroxylation is 1. The fraction of sp³-hybridized carbons (Fsp3) is 0.688. The SMILES string of the molecule is O=C(c1noc2c1CCCC2)N1CCCC(N2CCNC2=O)C1. The molecule has 0 saturated carbocycles. The van der Waals surface area contributed by atoms with Crippen molar-refractivity contribution >= 4 is 11.9 Å². The molecule has 3 aliphatic rings. The highest BCUT2D eigenvalue weighted by molar-refractivity contribution is 5.94. The van der Waals surface area contributed by atoms with Crippen LogP contribution in [0.15, 0.2) is 4.52 Å². The van der Waals surface area contributed by atoms with Crippen LogP contribution in [0.4, 0.5) is 4.79 Å². The Labute approximate surface area is 135 Å². The van der Waals surface area contributed by atoms with Crippen LogP contribution in [0, 0.1) is 0 Å². The van der Waals surface area contributed by atoms with Gasteiger partial charge in [0, 0.05) is 38.2 Å². The Hall–Kier alpha value is -2.05. The number of aromatic nitrogens is 1. The number of nitrogens with one attached hydrogen (secondary N) is 1. The molecule has 1 N–H and O–H groups in total. The standard InChI is InChI=1S/C16H22N4O3/c21-15(14-12-5-1-2-6-13(12)23-18-14)19-8-3-4-11(10-19)20-9-7-17-16(20)22/h11H,1-10H2,(H,17,22). The van der Waals surface area contributed by atoms with Gasteiger partial charge in [0.15, 0.2) is 5.69 Å². The minimum atomic E-state index is -0.0406. The normalized spacial score (nSPS) is 24.5. The summed E-state index contributed by atoms with van der Waals surface area (Å²) in [5, 5.41) is 6.89. The van der Waals surface area contributed by atoms with Crippen LogP contribution in [0.3, 0.4) is 0 Å². The molecular formula is C16H22N4O3. The Morgan fingerprint density at radius 2 is 2.09 bits per heavy atom. The molecule has 7 nitrogen and oxygen atoms in total. The van der Waals surface area contributed by atoms with Crippen LogP contribution in [-0.4, -0.2) is 59.1 Å². The first-order valence-corrected chi connectivity index (χ1v) is 8.55.